The third-order valence-corrected chi connectivity index (χ3v) is 4.00. The Morgan fingerprint density at radius 1 is 0.968 bits per heavy atom. The lowest BCUT2D eigenvalue weighted by Gasteiger charge is -2.21. The van der Waals surface area contributed by atoms with Crippen molar-refractivity contribution in [3.8, 4) is 5.75 Å². The first-order valence-corrected chi connectivity index (χ1v) is 9.06. The van der Waals surface area contributed by atoms with Gasteiger partial charge in [-0.2, -0.15) is 0 Å². The molecular weight excluding hydrogens is 414 g/mol. The first-order valence-electron chi connectivity index (χ1n) is 9.06. The summed E-state index contributed by atoms with van der Waals surface area (Å²) in [5, 5.41) is 34.0. The van der Waals surface area contributed by atoms with E-state index in [4.69, 9.17) is 16.6 Å². The first kappa shape index (κ1) is 25.3. The van der Waals surface area contributed by atoms with Crippen LogP contribution in [0, 0.1) is 0 Å². The Morgan fingerprint density at radius 2 is 1.58 bits per heavy atom. The maximum Gasteiger partial charge on any atom is 0.326 e. The van der Waals surface area contributed by atoms with Crippen molar-refractivity contribution in [2.24, 2.45) is 11.5 Å². The van der Waals surface area contributed by atoms with Crippen LogP contribution < -0.4 is 27.4 Å². The SMILES string of the molecule is NC(=O)CC(NC(=O)CNC(=O)C(N)CO)C(=O)NC(Cc1ccc(O)cc1)C(=O)O. The molecule has 0 radical (unpaired) electrons. The standard InChI is InChI=1S/C18H25N5O8/c19-11(8-24)16(28)21-7-15(27)22-12(6-14(20)26)17(29)23-13(18(30)31)5-9-1-3-10(25)4-2-9/h1-4,11-13,24-25H,5-8,19H2,(H2,20,26)(H,21,28)(H,22,27)(H,23,29)(H,30,31). The molecule has 1 rings (SSSR count). The predicted molar refractivity (Wildman–Crippen MR) is 105 cm³/mol. The monoisotopic (exact) mass is 439 g/mol. The molecule has 170 valence electrons. The van der Waals surface area contributed by atoms with E-state index in [9.17, 15) is 34.2 Å². The minimum Gasteiger partial charge on any atom is -0.508 e. The highest BCUT2D eigenvalue weighted by Crippen LogP contribution is 2.11. The summed E-state index contributed by atoms with van der Waals surface area (Å²) in [6, 6.07) is 1.52. The molecule has 0 bridgehead atoms. The van der Waals surface area contributed by atoms with Crippen molar-refractivity contribution in [2.45, 2.75) is 31.0 Å². The maximum atomic E-state index is 12.5. The molecule has 0 saturated heterocycles. The van der Waals surface area contributed by atoms with E-state index in [1.54, 1.807) is 0 Å². The van der Waals surface area contributed by atoms with E-state index in [0.717, 1.165) is 0 Å². The zero-order valence-corrected chi connectivity index (χ0v) is 16.4. The van der Waals surface area contributed by atoms with Gasteiger partial charge in [-0.1, -0.05) is 12.1 Å². The summed E-state index contributed by atoms with van der Waals surface area (Å²) < 4.78 is 0. The molecule has 13 nitrogen and oxygen atoms in total. The average molecular weight is 439 g/mol. The number of aromatic hydroxyl groups is 1. The molecule has 31 heavy (non-hydrogen) atoms. The number of hydrogen-bond donors (Lipinski definition) is 8. The van der Waals surface area contributed by atoms with Crippen molar-refractivity contribution < 1.29 is 39.3 Å². The van der Waals surface area contributed by atoms with E-state index in [1.165, 1.54) is 24.3 Å². The number of carboxylic acid groups (broad SMARTS) is 1. The Morgan fingerprint density at radius 3 is 2.10 bits per heavy atom. The number of primary amides is 1. The molecule has 0 heterocycles. The smallest absolute Gasteiger partial charge is 0.326 e. The summed E-state index contributed by atoms with van der Waals surface area (Å²) in [4.78, 5) is 58.8. The molecule has 1 aromatic rings. The zero-order chi connectivity index (χ0) is 23.6. The van der Waals surface area contributed by atoms with Crippen molar-refractivity contribution in [1.29, 1.82) is 0 Å². The molecule has 3 unspecified atom stereocenters. The number of carbonyl (C=O) groups is 5. The molecule has 10 N–H and O–H groups in total. The number of nitrogens with one attached hydrogen (secondary N) is 3. The minimum atomic E-state index is -1.49. The lowest BCUT2D eigenvalue weighted by atomic mass is 10.0. The largest absolute Gasteiger partial charge is 0.508 e. The number of carbonyl (C=O) groups excluding carboxylic acids is 4. The van der Waals surface area contributed by atoms with Crippen LogP contribution in [-0.4, -0.2) is 76.2 Å². The summed E-state index contributed by atoms with van der Waals surface area (Å²) in [5.41, 5.74) is 10.9. The van der Waals surface area contributed by atoms with Crippen LogP contribution in [0.2, 0.25) is 0 Å². The number of carboxylic acids is 1. The lowest BCUT2D eigenvalue weighted by molar-refractivity contribution is -0.142. The van der Waals surface area contributed by atoms with Crippen molar-refractivity contribution >= 4 is 29.6 Å². The number of aliphatic carboxylic acids is 1. The van der Waals surface area contributed by atoms with Crippen LogP contribution in [-0.2, 0) is 30.4 Å². The minimum absolute atomic E-state index is 0.0177. The molecule has 0 aromatic heterocycles. The summed E-state index contributed by atoms with van der Waals surface area (Å²) in [6.07, 6.45) is -0.749. The van der Waals surface area contributed by atoms with Gasteiger partial charge < -0.3 is 42.7 Å². The molecule has 13 heteroatoms. The van der Waals surface area contributed by atoms with Crippen molar-refractivity contribution in [3.05, 3.63) is 29.8 Å². The highest BCUT2D eigenvalue weighted by Gasteiger charge is 2.28. The van der Waals surface area contributed by atoms with Gasteiger partial charge in [0, 0.05) is 6.42 Å². The van der Waals surface area contributed by atoms with Gasteiger partial charge in [0.05, 0.1) is 19.6 Å². The topological polar surface area (TPSA) is 234 Å². The van der Waals surface area contributed by atoms with Crippen LogP contribution in [0.3, 0.4) is 0 Å². The molecule has 4 amide bonds. The fourth-order valence-electron chi connectivity index (χ4n) is 2.38. The molecule has 3 atom stereocenters. The number of nitrogens with two attached hydrogens (primary N) is 2. The van der Waals surface area contributed by atoms with E-state index >= 15 is 0 Å². The van der Waals surface area contributed by atoms with Gasteiger partial charge in [-0.15, -0.1) is 0 Å². The van der Waals surface area contributed by atoms with Crippen molar-refractivity contribution in [3.63, 3.8) is 0 Å². The second-order valence-corrected chi connectivity index (χ2v) is 6.57. The lowest BCUT2D eigenvalue weighted by Crippen LogP contribution is -2.55. The highest BCUT2D eigenvalue weighted by molar-refractivity contribution is 5.95. The van der Waals surface area contributed by atoms with Crippen LogP contribution in [0.4, 0.5) is 0 Å². The Labute approximate surface area is 176 Å². The van der Waals surface area contributed by atoms with E-state index in [2.05, 4.69) is 16.0 Å². The van der Waals surface area contributed by atoms with E-state index in [-0.39, 0.29) is 12.2 Å². The normalized spacial score (nSPS) is 13.4. The average Bonchev–Trinajstić information content (AvgIpc) is 2.71. The second-order valence-electron chi connectivity index (χ2n) is 6.57. The van der Waals surface area contributed by atoms with Gasteiger partial charge in [0.1, 0.15) is 23.9 Å². The third kappa shape index (κ3) is 9.10. The second kappa shape index (κ2) is 12.1. The van der Waals surface area contributed by atoms with Gasteiger partial charge in [0.25, 0.3) is 0 Å². The Hall–Kier alpha value is -3.71. The predicted octanol–water partition coefficient (Wildman–Crippen LogP) is -3.70. The molecule has 0 saturated carbocycles. The first-order chi connectivity index (χ1) is 14.5. The third-order valence-electron chi connectivity index (χ3n) is 4.00. The zero-order valence-electron chi connectivity index (χ0n) is 16.4. The number of benzene rings is 1. The van der Waals surface area contributed by atoms with Gasteiger partial charge in [-0.05, 0) is 17.7 Å². The molecule has 0 spiro atoms. The van der Waals surface area contributed by atoms with Gasteiger partial charge in [-0.3, -0.25) is 19.2 Å². The maximum absolute atomic E-state index is 12.5. The van der Waals surface area contributed by atoms with Gasteiger partial charge in [0.15, 0.2) is 0 Å². The fourth-order valence-corrected chi connectivity index (χ4v) is 2.38. The Kier molecular flexibility index (Phi) is 9.88. The number of aliphatic hydroxyl groups excluding tert-OH is 1. The number of rotatable bonds is 12. The number of amides is 4. The van der Waals surface area contributed by atoms with Crippen LogP contribution in [0.5, 0.6) is 5.75 Å². The van der Waals surface area contributed by atoms with Crippen LogP contribution in [0.25, 0.3) is 0 Å². The molecule has 0 aliphatic heterocycles. The summed E-state index contributed by atoms with van der Waals surface area (Å²) >= 11 is 0. The van der Waals surface area contributed by atoms with Gasteiger partial charge >= 0.3 is 5.97 Å². The van der Waals surface area contributed by atoms with E-state index in [0.29, 0.717) is 5.56 Å². The Balaban J connectivity index is 2.79. The summed E-state index contributed by atoms with van der Waals surface area (Å²) in [7, 11) is 0. The van der Waals surface area contributed by atoms with Crippen LogP contribution >= 0.6 is 0 Å². The summed E-state index contributed by atoms with van der Waals surface area (Å²) in [6.45, 7) is -1.25. The van der Waals surface area contributed by atoms with Crippen LogP contribution in [0.15, 0.2) is 24.3 Å². The van der Waals surface area contributed by atoms with Crippen molar-refractivity contribution in [2.75, 3.05) is 13.2 Å². The number of hydrogen-bond acceptors (Lipinski definition) is 8. The number of phenols is 1. The van der Waals surface area contributed by atoms with E-state index in [1.807, 2.05) is 0 Å². The Bertz CT molecular complexity index is 814. The van der Waals surface area contributed by atoms with Gasteiger partial charge in [0.2, 0.25) is 23.6 Å². The summed E-state index contributed by atoms with van der Waals surface area (Å²) in [5.74, 6) is -4.97. The van der Waals surface area contributed by atoms with Crippen LogP contribution in [0.1, 0.15) is 12.0 Å². The molecule has 1 aromatic carbocycles. The fraction of sp³-hybridized carbons (Fsp3) is 0.389. The highest BCUT2D eigenvalue weighted by atomic mass is 16.4. The molecule has 0 aliphatic carbocycles. The molecule has 0 aliphatic rings. The van der Waals surface area contributed by atoms with Gasteiger partial charge in [-0.25, -0.2) is 4.79 Å². The number of aliphatic hydroxyl groups is 1. The number of phenolic OH excluding ortho intramolecular Hbond substituents is 1. The van der Waals surface area contributed by atoms with E-state index < -0.39 is 67.3 Å². The molecule has 0 fully saturated rings. The van der Waals surface area contributed by atoms with Crippen molar-refractivity contribution in [1.82, 2.24) is 16.0 Å². The quantitative estimate of drug-likeness (QED) is 0.160. The molecular formula is C18H25N5O8.